The lowest BCUT2D eigenvalue weighted by molar-refractivity contribution is 0.482. The van der Waals surface area contributed by atoms with Gasteiger partial charge in [0.15, 0.2) is 5.96 Å². The van der Waals surface area contributed by atoms with Gasteiger partial charge in [-0.25, -0.2) is 0 Å². The average molecular weight is 403 g/mol. The summed E-state index contributed by atoms with van der Waals surface area (Å²) in [5.74, 6) is 2.49. The second kappa shape index (κ2) is 6.98. The third-order valence-corrected chi connectivity index (χ3v) is 4.42. The van der Waals surface area contributed by atoms with Crippen molar-refractivity contribution in [3.8, 4) is 0 Å². The number of guanidine groups is 1. The third kappa shape index (κ3) is 3.90. The third-order valence-electron chi connectivity index (χ3n) is 4.42. The van der Waals surface area contributed by atoms with Gasteiger partial charge < -0.3 is 10.2 Å². The van der Waals surface area contributed by atoms with Crippen molar-refractivity contribution in [3.05, 3.63) is 18.0 Å². The number of hydrogen-bond donors (Lipinski definition) is 1. The topological polar surface area (TPSA) is 45.5 Å². The van der Waals surface area contributed by atoms with Gasteiger partial charge >= 0.3 is 0 Å². The molecule has 0 amide bonds. The number of aromatic nitrogens is 2. The lowest BCUT2D eigenvalue weighted by Gasteiger charge is -2.22. The zero-order valence-corrected chi connectivity index (χ0v) is 15.4. The molecule has 21 heavy (non-hydrogen) atoms. The van der Waals surface area contributed by atoms with Crippen LogP contribution in [0.1, 0.15) is 38.2 Å². The summed E-state index contributed by atoms with van der Waals surface area (Å²) >= 11 is 0. The van der Waals surface area contributed by atoms with Gasteiger partial charge in [0.25, 0.3) is 0 Å². The fraction of sp³-hybridized carbons (Fsp3) is 0.733. The van der Waals surface area contributed by atoms with Crippen LogP contribution >= 0.6 is 24.0 Å². The Bertz CT molecular complexity index is 498. The molecule has 0 aromatic carbocycles. The van der Waals surface area contributed by atoms with Crippen LogP contribution in [0.2, 0.25) is 0 Å². The first-order valence-corrected chi connectivity index (χ1v) is 7.71. The van der Waals surface area contributed by atoms with E-state index < -0.39 is 0 Å². The van der Waals surface area contributed by atoms with Gasteiger partial charge in [-0.05, 0) is 31.2 Å². The van der Waals surface area contributed by atoms with Gasteiger partial charge in [0.2, 0.25) is 0 Å². The largest absolute Gasteiger partial charge is 0.353 e. The summed E-state index contributed by atoms with van der Waals surface area (Å²) < 4.78 is 1.89. The number of hydrogen-bond acceptors (Lipinski definition) is 2. The van der Waals surface area contributed by atoms with Crippen molar-refractivity contribution in [2.75, 3.05) is 19.6 Å². The number of aliphatic imine (C=N–C) groups is 1. The maximum atomic E-state index is 4.66. The zero-order valence-electron chi connectivity index (χ0n) is 13.1. The SMILES string of the molecule is CCN=C(NC1CC1C)N1CCC(c2cnn(C)c2)C1.I. The smallest absolute Gasteiger partial charge is 0.194 e. The molecule has 1 aliphatic carbocycles. The Kier molecular flexibility index (Phi) is 5.51. The molecule has 2 fully saturated rings. The van der Waals surface area contributed by atoms with Crippen LogP contribution < -0.4 is 5.32 Å². The molecule has 2 heterocycles. The van der Waals surface area contributed by atoms with Crippen LogP contribution in [0.25, 0.3) is 0 Å². The van der Waals surface area contributed by atoms with E-state index in [1.807, 2.05) is 17.9 Å². The van der Waals surface area contributed by atoms with Crippen molar-refractivity contribution >= 4 is 29.9 Å². The number of rotatable bonds is 3. The predicted molar refractivity (Wildman–Crippen MR) is 96.2 cm³/mol. The molecule has 1 aromatic heterocycles. The molecule has 1 saturated heterocycles. The van der Waals surface area contributed by atoms with Crippen molar-refractivity contribution in [1.82, 2.24) is 20.0 Å². The fourth-order valence-corrected chi connectivity index (χ4v) is 2.95. The Hall–Kier alpha value is -0.790. The van der Waals surface area contributed by atoms with E-state index in [4.69, 9.17) is 0 Å². The molecule has 2 aliphatic rings. The van der Waals surface area contributed by atoms with Crippen molar-refractivity contribution < 1.29 is 0 Å². The van der Waals surface area contributed by atoms with Crippen LogP contribution in [-0.4, -0.2) is 46.3 Å². The van der Waals surface area contributed by atoms with E-state index in [0.29, 0.717) is 12.0 Å². The molecule has 3 unspecified atom stereocenters. The minimum atomic E-state index is 0. The summed E-state index contributed by atoms with van der Waals surface area (Å²) in [4.78, 5) is 7.07. The molecule has 6 heteroatoms. The number of nitrogens with one attached hydrogen (secondary N) is 1. The van der Waals surface area contributed by atoms with Gasteiger partial charge in [-0.3, -0.25) is 9.67 Å². The maximum absolute atomic E-state index is 4.66. The van der Waals surface area contributed by atoms with Crippen LogP contribution in [0.5, 0.6) is 0 Å². The van der Waals surface area contributed by atoms with Gasteiger partial charge in [-0.1, -0.05) is 6.92 Å². The van der Waals surface area contributed by atoms with Crippen LogP contribution in [0.4, 0.5) is 0 Å². The normalized spacial score (nSPS) is 28.4. The van der Waals surface area contributed by atoms with E-state index in [0.717, 1.165) is 31.5 Å². The summed E-state index contributed by atoms with van der Waals surface area (Å²) in [5.41, 5.74) is 1.35. The highest BCUT2D eigenvalue weighted by molar-refractivity contribution is 14.0. The second-order valence-corrected chi connectivity index (χ2v) is 6.14. The van der Waals surface area contributed by atoms with Crippen LogP contribution in [0.3, 0.4) is 0 Å². The van der Waals surface area contributed by atoms with Gasteiger partial charge in [0.1, 0.15) is 0 Å². The lowest BCUT2D eigenvalue weighted by atomic mass is 10.0. The summed E-state index contributed by atoms with van der Waals surface area (Å²) in [5, 5.41) is 7.90. The molecule has 3 rings (SSSR count). The molecule has 0 radical (unpaired) electrons. The standard InChI is InChI=1S/C15H25N5.HI/c1-4-16-15(18-14-7-11(14)2)20-6-5-12(10-20)13-8-17-19(3)9-13;/h8-9,11-12,14H,4-7,10H2,1-3H3,(H,16,18);1H. The fourth-order valence-electron chi connectivity index (χ4n) is 2.95. The minimum Gasteiger partial charge on any atom is -0.353 e. The van der Waals surface area contributed by atoms with E-state index in [2.05, 4.69) is 40.4 Å². The van der Waals surface area contributed by atoms with E-state index in [-0.39, 0.29) is 24.0 Å². The monoisotopic (exact) mass is 403 g/mol. The summed E-state index contributed by atoms with van der Waals surface area (Å²) in [7, 11) is 1.98. The first kappa shape index (κ1) is 16.6. The van der Waals surface area contributed by atoms with E-state index >= 15 is 0 Å². The number of likely N-dealkylation sites (tertiary alicyclic amines) is 1. The highest BCUT2D eigenvalue weighted by Gasteiger charge is 2.35. The molecule has 0 spiro atoms. The zero-order chi connectivity index (χ0) is 14.1. The number of halogens is 1. The average Bonchev–Trinajstić information content (AvgIpc) is 2.87. The summed E-state index contributed by atoms with van der Waals surface area (Å²) in [6.07, 6.45) is 6.61. The molecule has 118 valence electrons. The van der Waals surface area contributed by atoms with Gasteiger partial charge in [0.05, 0.1) is 6.20 Å². The summed E-state index contributed by atoms with van der Waals surface area (Å²) in [6.45, 7) is 7.39. The lowest BCUT2D eigenvalue weighted by Crippen LogP contribution is -2.41. The van der Waals surface area contributed by atoms with E-state index in [9.17, 15) is 0 Å². The highest BCUT2D eigenvalue weighted by Crippen LogP contribution is 2.31. The van der Waals surface area contributed by atoms with Crippen LogP contribution in [-0.2, 0) is 7.05 Å². The minimum absolute atomic E-state index is 0. The first-order chi connectivity index (χ1) is 9.67. The Morgan fingerprint density at radius 2 is 2.29 bits per heavy atom. The Balaban J connectivity index is 0.00000161. The molecule has 3 atom stereocenters. The number of aryl methyl sites for hydroxylation is 1. The molecule has 1 saturated carbocycles. The predicted octanol–water partition coefficient (Wildman–Crippen LogP) is 2.20. The molecule has 1 N–H and O–H groups in total. The highest BCUT2D eigenvalue weighted by atomic mass is 127. The van der Waals surface area contributed by atoms with E-state index in [1.54, 1.807) is 0 Å². The Labute approximate surface area is 144 Å². The van der Waals surface area contributed by atoms with Crippen molar-refractivity contribution in [1.29, 1.82) is 0 Å². The Morgan fingerprint density at radius 1 is 1.52 bits per heavy atom. The van der Waals surface area contributed by atoms with E-state index in [1.165, 1.54) is 18.4 Å². The molecule has 0 bridgehead atoms. The van der Waals surface area contributed by atoms with Crippen molar-refractivity contribution in [2.24, 2.45) is 18.0 Å². The number of nitrogens with zero attached hydrogens (tertiary/aromatic N) is 4. The van der Waals surface area contributed by atoms with Gasteiger partial charge in [-0.2, -0.15) is 5.10 Å². The Morgan fingerprint density at radius 3 is 2.86 bits per heavy atom. The van der Waals surface area contributed by atoms with Crippen LogP contribution in [0.15, 0.2) is 17.4 Å². The molecular formula is C15H26IN5. The molecule has 1 aliphatic heterocycles. The van der Waals surface area contributed by atoms with Crippen LogP contribution in [0, 0.1) is 5.92 Å². The molecule has 5 nitrogen and oxygen atoms in total. The molecule has 1 aromatic rings. The molecular weight excluding hydrogens is 377 g/mol. The first-order valence-electron chi connectivity index (χ1n) is 7.71. The quantitative estimate of drug-likeness (QED) is 0.478. The summed E-state index contributed by atoms with van der Waals surface area (Å²) in [6, 6.07) is 0.637. The van der Waals surface area contributed by atoms with Gasteiger partial charge in [-0.15, -0.1) is 24.0 Å². The maximum Gasteiger partial charge on any atom is 0.194 e. The second-order valence-electron chi connectivity index (χ2n) is 6.14. The van der Waals surface area contributed by atoms with Crippen molar-refractivity contribution in [2.45, 2.75) is 38.6 Å². The van der Waals surface area contributed by atoms with Gasteiger partial charge in [0, 0.05) is 44.8 Å². The van der Waals surface area contributed by atoms with Crippen molar-refractivity contribution in [3.63, 3.8) is 0 Å².